The second-order valence-electron chi connectivity index (χ2n) is 5.10. The molecular formula is C16H17F3N2. The molecule has 0 aliphatic rings. The average molecular weight is 294 g/mol. The van der Waals surface area contributed by atoms with Gasteiger partial charge in [0, 0.05) is 38.0 Å². The van der Waals surface area contributed by atoms with E-state index < -0.39 is 17.5 Å². The third-order valence-electron chi connectivity index (χ3n) is 3.29. The number of halogens is 3. The highest BCUT2D eigenvalue weighted by Gasteiger charge is 2.13. The van der Waals surface area contributed by atoms with Crippen molar-refractivity contribution >= 4 is 11.4 Å². The minimum absolute atomic E-state index is 0.0573. The zero-order valence-electron chi connectivity index (χ0n) is 12.1. The largest absolute Gasteiger partial charge is 0.378 e. The number of anilines is 2. The van der Waals surface area contributed by atoms with E-state index >= 15 is 0 Å². The molecule has 1 unspecified atom stereocenters. The van der Waals surface area contributed by atoms with E-state index in [2.05, 4.69) is 5.32 Å². The lowest BCUT2D eigenvalue weighted by atomic mass is 10.1. The van der Waals surface area contributed by atoms with Crippen molar-refractivity contribution in [1.82, 2.24) is 0 Å². The number of hydrogen-bond donors (Lipinski definition) is 1. The number of benzene rings is 2. The summed E-state index contributed by atoms with van der Waals surface area (Å²) in [7, 11) is 3.88. The van der Waals surface area contributed by atoms with Gasteiger partial charge >= 0.3 is 0 Å². The number of nitrogens with one attached hydrogen (secondary N) is 1. The van der Waals surface area contributed by atoms with E-state index in [1.54, 1.807) is 0 Å². The smallest absolute Gasteiger partial charge is 0.161 e. The van der Waals surface area contributed by atoms with Crippen molar-refractivity contribution in [1.29, 1.82) is 0 Å². The Labute approximate surface area is 122 Å². The number of hydrogen-bond acceptors (Lipinski definition) is 2. The minimum atomic E-state index is -1.19. The van der Waals surface area contributed by atoms with Gasteiger partial charge in [-0.15, -0.1) is 0 Å². The normalized spacial score (nSPS) is 12.1. The molecule has 0 saturated heterocycles. The summed E-state index contributed by atoms with van der Waals surface area (Å²) in [6.45, 7) is 1.82. The predicted molar refractivity (Wildman–Crippen MR) is 79.1 cm³/mol. The molecule has 1 atom stereocenters. The monoisotopic (exact) mass is 294 g/mol. The molecule has 112 valence electrons. The molecule has 0 bridgehead atoms. The number of nitrogens with zero attached hydrogens (tertiary/aromatic N) is 1. The summed E-state index contributed by atoms with van der Waals surface area (Å²) in [6, 6.07) is 8.83. The van der Waals surface area contributed by atoms with Crippen LogP contribution in [0.25, 0.3) is 0 Å². The Bertz CT molecular complexity index is 624. The van der Waals surface area contributed by atoms with Crippen molar-refractivity contribution in [3.8, 4) is 0 Å². The zero-order valence-corrected chi connectivity index (χ0v) is 12.1. The first kappa shape index (κ1) is 15.2. The van der Waals surface area contributed by atoms with Crippen LogP contribution in [-0.2, 0) is 0 Å². The Kier molecular flexibility index (Phi) is 4.40. The maximum absolute atomic E-state index is 13.6. The lowest BCUT2D eigenvalue weighted by Gasteiger charge is -2.18. The van der Waals surface area contributed by atoms with Gasteiger partial charge in [-0.3, -0.25) is 0 Å². The summed E-state index contributed by atoms with van der Waals surface area (Å²) in [6.07, 6.45) is 0. The van der Waals surface area contributed by atoms with Gasteiger partial charge in [0.25, 0.3) is 0 Å². The van der Waals surface area contributed by atoms with E-state index in [0.29, 0.717) is 6.07 Å². The van der Waals surface area contributed by atoms with Crippen LogP contribution in [0.1, 0.15) is 18.5 Å². The second kappa shape index (κ2) is 6.08. The van der Waals surface area contributed by atoms with Gasteiger partial charge in [-0.25, -0.2) is 13.2 Å². The molecular weight excluding hydrogens is 277 g/mol. The van der Waals surface area contributed by atoms with E-state index in [-0.39, 0.29) is 11.7 Å². The molecule has 2 aromatic rings. The van der Waals surface area contributed by atoms with E-state index in [9.17, 15) is 13.2 Å². The van der Waals surface area contributed by atoms with Crippen molar-refractivity contribution < 1.29 is 13.2 Å². The first-order valence-electron chi connectivity index (χ1n) is 6.57. The van der Waals surface area contributed by atoms with E-state index in [1.807, 2.05) is 50.2 Å². The fourth-order valence-electron chi connectivity index (χ4n) is 2.01. The Morgan fingerprint density at radius 3 is 2.05 bits per heavy atom. The van der Waals surface area contributed by atoms with Gasteiger partial charge < -0.3 is 10.2 Å². The summed E-state index contributed by atoms with van der Waals surface area (Å²) in [4.78, 5) is 1.97. The van der Waals surface area contributed by atoms with Crippen molar-refractivity contribution in [2.45, 2.75) is 13.0 Å². The molecule has 0 spiro atoms. The third kappa shape index (κ3) is 3.48. The maximum Gasteiger partial charge on any atom is 0.161 e. The highest BCUT2D eigenvalue weighted by Crippen LogP contribution is 2.25. The number of rotatable bonds is 4. The van der Waals surface area contributed by atoms with Crippen LogP contribution in [0.5, 0.6) is 0 Å². The van der Waals surface area contributed by atoms with Crippen molar-refractivity contribution in [3.63, 3.8) is 0 Å². The lowest BCUT2D eigenvalue weighted by Crippen LogP contribution is -2.11. The Morgan fingerprint density at radius 2 is 1.48 bits per heavy atom. The molecule has 2 nitrogen and oxygen atoms in total. The van der Waals surface area contributed by atoms with Crippen molar-refractivity contribution in [3.05, 3.63) is 59.4 Å². The van der Waals surface area contributed by atoms with Crippen LogP contribution in [0, 0.1) is 17.5 Å². The predicted octanol–water partition coefficient (Wildman–Crippen LogP) is 4.34. The molecule has 5 heteroatoms. The van der Waals surface area contributed by atoms with Crippen LogP contribution in [-0.4, -0.2) is 14.1 Å². The summed E-state index contributed by atoms with van der Waals surface area (Å²) in [5, 5.41) is 2.85. The van der Waals surface area contributed by atoms with Crippen molar-refractivity contribution in [2.75, 3.05) is 24.3 Å². The molecule has 21 heavy (non-hydrogen) atoms. The molecule has 0 aliphatic heterocycles. The zero-order chi connectivity index (χ0) is 15.6. The molecule has 2 aromatic carbocycles. The van der Waals surface area contributed by atoms with Crippen LogP contribution >= 0.6 is 0 Å². The fraction of sp³-hybridized carbons (Fsp3) is 0.250. The summed E-state index contributed by atoms with van der Waals surface area (Å²) < 4.78 is 39.7. The second-order valence-corrected chi connectivity index (χ2v) is 5.10. The van der Waals surface area contributed by atoms with Gasteiger partial charge in [0.1, 0.15) is 5.82 Å². The molecule has 0 heterocycles. The van der Waals surface area contributed by atoms with Crippen LogP contribution in [0.15, 0.2) is 36.4 Å². The molecule has 0 radical (unpaired) electrons. The topological polar surface area (TPSA) is 15.3 Å². The van der Waals surface area contributed by atoms with Gasteiger partial charge in [-0.2, -0.15) is 0 Å². The van der Waals surface area contributed by atoms with Gasteiger partial charge in [-0.1, -0.05) is 12.1 Å². The minimum Gasteiger partial charge on any atom is -0.378 e. The van der Waals surface area contributed by atoms with Gasteiger partial charge in [0.2, 0.25) is 0 Å². The van der Waals surface area contributed by atoms with Gasteiger partial charge in [0.15, 0.2) is 11.6 Å². The molecule has 0 saturated carbocycles. The Hall–Kier alpha value is -2.17. The molecule has 2 rings (SSSR count). The standard InChI is InChI=1S/C16H17F3N2/c1-10(11-4-6-12(7-5-11)21(2)3)20-16-9-14(18)13(17)8-15(16)19/h4-10,20H,1-3H3. The molecule has 0 fully saturated rings. The highest BCUT2D eigenvalue weighted by molar-refractivity contribution is 5.50. The maximum atomic E-state index is 13.6. The molecule has 0 aromatic heterocycles. The van der Waals surface area contributed by atoms with Crippen LogP contribution in [0.3, 0.4) is 0 Å². The van der Waals surface area contributed by atoms with Crippen molar-refractivity contribution in [2.24, 2.45) is 0 Å². The summed E-state index contributed by atoms with van der Waals surface area (Å²) in [5.41, 5.74) is 1.91. The van der Waals surface area contributed by atoms with E-state index in [4.69, 9.17) is 0 Å². The van der Waals surface area contributed by atoms with E-state index in [1.165, 1.54) is 0 Å². The lowest BCUT2D eigenvalue weighted by molar-refractivity contribution is 0.495. The van der Waals surface area contributed by atoms with Gasteiger partial charge in [0.05, 0.1) is 5.69 Å². The molecule has 0 amide bonds. The van der Waals surface area contributed by atoms with Crippen LogP contribution < -0.4 is 10.2 Å². The summed E-state index contributed by atoms with van der Waals surface area (Å²) in [5.74, 6) is -3.08. The highest BCUT2D eigenvalue weighted by atomic mass is 19.2. The average Bonchev–Trinajstić information content (AvgIpc) is 2.44. The Morgan fingerprint density at radius 1 is 0.905 bits per heavy atom. The quantitative estimate of drug-likeness (QED) is 0.844. The fourth-order valence-corrected chi connectivity index (χ4v) is 2.01. The SMILES string of the molecule is CC(Nc1cc(F)c(F)cc1F)c1ccc(N(C)C)cc1. The van der Waals surface area contributed by atoms with Gasteiger partial charge in [-0.05, 0) is 24.6 Å². The molecule has 1 N–H and O–H groups in total. The summed E-state index contributed by atoms with van der Waals surface area (Å²) >= 11 is 0. The third-order valence-corrected chi connectivity index (χ3v) is 3.29. The van der Waals surface area contributed by atoms with Crippen LogP contribution in [0.2, 0.25) is 0 Å². The first-order chi connectivity index (χ1) is 9.88. The molecule has 0 aliphatic carbocycles. The van der Waals surface area contributed by atoms with E-state index in [0.717, 1.165) is 17.3 Å². The first-order valence-corrected chi connectivity index (χ1v) is 6.57. The van der Waals surface area contributed by atoms with Crippen LogP contribution in [0.4, 0.5) is 24.5 Å². The Balaban J connectivity index is 2.17.